The second-order valence-corrected chi connectivity index (χ2v) is 10.00. The molecule has 0 aliphatic carbocycles. The van der Waals surface area contributed by atoms with E-state index in [1.165, 1.54) is 12.1 Å². The summed E-state index contributed by atoms with van der Waals surface area (Å²) in [6, 6.07) is 14.5. The van der Waals surface area contributed by atoms with E-state index < -0.39 is 17.8 Å². The smallest absolute Gasteiger partial charge is 0.335 e. The highest BCUT2D eigenvalue weighted by Crippen LogP contribution is 2.29. The fourth-order valence-electron chi connectivity index (χ4n) is 3.79. The van der Waals surface area contributed by atoms with E-state index in [-0.39, 0.29) is 23.8 Å². The number of imide groups is 2. The first-order valence-corrected chi connectivity index (χ1v) is 12.7. The van der Waals surface area contributed by atoms with Gasteiger partial charge in [-0.1, -0.05) is 41.4 Å². The van der Waals surface area contributed by atoms with E-state index in [0.29, 0.717) is 26.5 Å². The molecule has 5 amide bonds. The number of anilines is 2. The number of carbonyl (C=O) groups is 4. The Morgan fingerprint density at radius 2 is 1.79 bits per heavy atom. The average Bonchev–Trinajstić information content (AvgIpc) is 2.85. The lowest BCUT2D eigenvalue weighted by atomic mass is 10.1. The Kier molecular flexibility index (Phi) is 7.99. The number of nitrogens with one attached hydrogen (secondary N) is 2. The predicted molar refractivity (Wildman–Crippen MR) is 149 cm³/mol. The number of hydrogen-bond donors (Lipinski definition) is 2. The molecule has 0 spiro atoms. The molecule has 0 bridgehead atoms. The first kappa shape index (κ1) is 27.1. The summed E-state index contributed by atoms with van der Waals surface area (Å²) in [5, 5.41) is 5.38. The van der Waals surface area contributed by atoms with Crippen LogP contribution >= 0.6 is 27.5 Å². The summed E-state index contributed by atoms with van der Waals surface area (Å²) in [5.41, 5.74) is 4.05. The van der Waals surface area contributed by atoms with Gasteiger partial charge in [0.1, 0.15) is 11.3 Å². The Morgan fingerprint density at radius 1 is 1.03 bits per heavy atom. The Balaban J connectivity index is 1.48. The van der Waals surface area contributed by atoms with Crippen LogP contribution in [0.4, 0.5) is 16.2 Å². The van der Waals surface area contributed by atoms with Gasteiger partial charge in [0.25, 0.3) is 17.7 Å². The molecule has 38 heavy (non-hydrogen) atoms. The van der Waals surface area contributed by atoms with Gasteiger partial charge in [-0.3, -0.25) is 19.7 Å². The minimum Gasteiger partial charge on any atom is -0.483 e. The van der Waals surface area contributed by atoms with Gasteiger partial charge >= 0.3 is 6.03 Å². The van der Waals surface area contributed by atoms with Crippen LogP contribution in [-0.4, -0.2) is 30.4 Å². The first-order chi connectivity index (χ1) is 18.0. The lowest BCUT2D eigenvalue weighted by Gasteiger charge is -2.26. The standard InChI is InChI=1S/C28H23BrClN3O5/c1-15-4-8-23(17(3)10-15)31-25(34)14-38-24-9-6-18(12-21(24)29)11-20-26(35)32-28(37)33(27(20)36)19-7-5-16(2)22(30)13-19/h4-13H,14H2,1-3H3,(H,31,34)(H,32,35,37)/b20-11+. The number of barbiturate groups is 1. The Bertz CT molecular complexity index is 1520. The first-order valence-electron chi connectivity index (χ1n) is 11.5. The van der Waals surface area contributed by atoms with Crippen LogP contribution in [0, 0.1) is 20.8 Å². The third-order valence-corrected chi connectivity index (χ3v) is 6.82. The minimum absolute atomic E-state index is 0.219. The minimum atomic E-state index is -0.860. The molecule has 194 valence electrons. The molecule has 0 atom stereocenters. The summed E-state index contributed by atoms with van der Waals surface area (Å²) < 4.78 is 6.15. The van der Waals surface area contributed by atoms with E-state index in [1.54, 1.807) is 37.3 Å². The predicted octanol–water partition coefficient (Wildman–Crippen LogP) is 5.71. The van der Waals surface area contributed by atoms with Crippen molar-refractivity contribution in [2.45, 2.75) is 20.8 Å². The number of carbonyl (C=O) groups excluding carboxylic acids is 4. The number of aryl methyl sites for hydroxylation is 3. The van der Waals surface area contributed by atoms with Crippen molar-refractivity contribution in [3.05, 3.63) is 91.9 Å². The van der Waals surface area contributed by atoms with Gasteiger partial charge in [0.15, 0.2) is 6.61 Å². The number of urea groups is 1. The van der Waals surface area contributed by atoms with Gasteiger partial charge in [0.05, 0.1) is 10.2 Å². The maximum absolute atomic E-state index is 13.1. The van der Waals surface area contributed by atoms with E-state index in [2.05, 4.69) is 26.6 Å². The van der Waals surface area contributed by atoms with Crippen LogP contribution in [0.25, 0.3) is 6.08 Å². The highest BCUT2D eigenvalue weighted by Gasteiger charge is 2.37. The van der Waals surface area contributed by atoms with Crippen LogP contribution in [0.15, 0.2) is 64.6 Å². The normalized spacial score (nSPS) is 14.5. The van der Waals surface area contributed by atoms with Crippen molar-refractivity contribution >= 4 is 68.7 Å². The molecular weight excluding hydrogens is 574 g/mol. The Hall–Kier alpha value is -3.95. The molecule has 0 unspecified atom stereocenters. The van der Waals surface area contributed by atoms with Gasteiger partial charge in [-0.05, 0) is 89.8 Å². The molecule has 0 radical (unpaired) electrons. The zero-order chi connectivity index (χ0) is 27.6. The van der Waals surface area contributed by atoms with E-state index in [4.69, 9.17) is 16.3 Å². The summed E-state index contributed by atoms with van der Waals surface area (Å²) >= 11 is 9.56. The third kappa shape index (κ3) is 5.95. The fraction of sp³-hybridized carbons (Fsp3) is 0.143. The number of nitrogens with zero attached hydrogens (tertiary/aromatic N) is 1. The number of rotatable bonds is 6. The third-order valence-electron chi connectivity index (χ3n) is 5.80. The summed E-state index contributed by atoms with van der Waals surface area (Å²) in [5.74, 6) is -1.51. The van der Waals surface area contributed by atoms with Crippen molar-refractivity contribution in [2.24, 2.45) is 0 Å². The monoisotopic (exact) mass is 595 g/mol. The Labute approximate surface area is 232 Å². The highest BCUT2D eigenvalue weighted by molar-refractivity contribution is 9.10. The van der Waals surface area contributed by atoms with Gasteiger partial charge in [-0.2, -0.15) is 0 Å². The zero-order valence-electron chi connectivity index (χ0n) is 20.7. The summed E-state index contributed by atoms with van der Waals surface area (Å²) in [4.78, 5) is 51.3. The van der Waals surface area contributed by atoms with Gasteiger partial charge in [-0.25, -0.2) is 9.69 Å². The number of amides is 5. The van der Waals surface area contributed by atoms with Crippen molar-refractivity contribution in [3.63, 3.8) is 0 Å². The fourth-order valence-corrected chi connectivity index (χ4v) is 4.47. The molecule has 1 aliphatic heterocycles. The van der Waals surface area contributed by atoms with Crippen LogP contribution in [0.2, 0.25) is 5.02 Å². The lowest BCUT2D eigenvalue weighted by Crippen LogP contribution is -2.54. The molecule has 3 aromatic rings. The summed E-state index contributed by atoms with van der Waals surface area (Å²) in [7, 11) is 0. The molecule has 1 heterocycles. The van der Waals surface area contributed by atoms with Gasteiger partial charge in [0.2, 0.25) is 0 Å². The van der Waals surface area contributed by atoms with Crippen molar-refractivity contribution < 1.29 is 23.9 Å². The van der Waals surface area contributed by atoms with E-state index in [0.717, 1.165) is 21.6 Å². The molecule has 1 saturated heterocycles. The van der Waals surface area contributed by atoms with E-state index in [1.807, 2.05) is 32.0 Å². The second kappa shape index (κ2) is 11.2. The van der Waals surface area contributed by atoms with E-state index in [9.17, 15) is 19.2 Å². The lowest BCUT2D eigenvalue weighted by molar-refractivity contribution is -0.122. The average molecular weight is 597 g/mol. The largest absolute Gasteiger partial charge is 0.483 e. The molecule has 4 rings (SSSR count). The quantitative estimate of drug-likeness (QED) is 0.280. The van der Waals surface area contributed by atoms with Gasteiger partial charge in [-0.15, -0.1) is 0 Å². The van der Waals surface area contributed by atoms with Crippen LogP contribution in [-0.2, 0) is 14.4 Å². The number of halogens is 2. The van der Waals surface area contributed by atoms with Gasteiger partial charge < -0.3 is 10.1 Å². The van der Waals surface area contributed by atoms with Crippen LogP contribution in [0.5, 0.6) is 5.75 Å². The number of hydrogen-bond acceptors (Lipinski definition) is 5. The molecular formula is C28H23BrClN3O5. The van der Waals surface area contributed by atoms with Crippen molar-refractivity contribution in [1.82, 2.24) is 5.32 Å². The molecule has 1 fully saturated rings. The highest BCUT2D eigenvalue weighted by atomic mass is 79.9. The SMILES string of the molecule is Cc1ccc(NC(=O)COc2ccc(/C=C3\C(=O)NC(=O)N(c4ccc(C)c(Cl)c4)C3=O)cc2Br)c(C)c1. The molecule has 10 heteroatoms. The van der Waals surface area contributed by atoms with Crippen molar-refractivity contribution in [1.29, 1.82) is 0 Å². The van der Waals surface area contributed by atoms with Crippen molar-refractivity contribution in [3.8, 4) is 5.75 Å². The number of ether oxygens (including phenoxy) is 1. The van der Waals surface area contributed by atoms with E-state index >= 15 is 0 Å². The molecule has 0 saturated carbocycles. The molecule has 1 aliphatic rings. The topological polar surface area (TPSA) is 105 Å². The molecule has 8 nitrogen and oxygen atoms in total. The van der Waals surface area contributed by atoms with Crippen LogP contribution < -0.4 is 20.3 Å². The maximum atomic E-state index is 13.1. The molecule has 2 N–H and O–H groups in total. The molecule has 3 aromatic carbocycles. The summed E-state index contributed by atoms with van der Waals surface area (Å²) in [6.45, 7) is 5.46. The van der Waals surface area contributed by atoms with Crippen LogP contribution in [0.1, 0.15) is 22.3 Å². The van der Waals surface area contributed by atoms with Crippen LogP contribution in [0.3, 0.4) is 0 Å². The Morgan fingerprint density at radius 3 is 2.47 bits per heavy atom. The molecule has 0 aromatic heterocycles. The zero-order valence-corrected chi connectivity index (χ0v) is 23.1. The summed E-state index contributed by atoms with van der Waals surface area (Å²) in [6.07, 6.45) is 1.37. The maximum Gasteiger partial charge on any atom is 0.335 e. The van der Waals surface area contributed by atoms with Gasteiger partial charge in [0, 0.05) is 10.7 Å². The second-order valence-electron chi connectivity index (χ2n) is 8.74. The van der Waals surface area contributed by atoms with Crippen molar-refractivity contribution in [2.75, 3.05) is 16.8 Å². The number of benzene rings is 3.